The number of piperidine rings is 2. The van der Waals surface area contributed by atoms with Crippen LogP contribution in [0.4, 0.5) is 4.79 Å². The lowest BCUT2D eigenvalue weighted by molar-refractivity contribution is -0.0991. The third-order valence-electron chi connectivity index (χ3n) is 6.50. The number of nitrogens with zero attached hydrogens (tertiary/aromatic N) is 2. The number of ether oxygens (including phenoxy) is 2. The first-order valence-electron chi connectivity index (χ1n) is 10.6. The Labute approximate surface area is 164 Å². The second-order valence-electron chi connectivity index (χ2n) is 8.33. The first kappa shape index (κ1) is 18.4. The maximum absolute atomic E-state index is 12.9. The van der Waals surface area contributed by atoms with Crippen molar-refractivity contribution in [1.29, 1.82) is 0 Å². The van der Waals surface area contributed by atoms with Crippen molar-refractivity contribution in [1.82, 2.24) is 30.8 Å². The Kier molecular flexibility index (Phi) is 5.00. The van der Waals surface area contributed by atoms with Gasteiger partial charge in [-0.05, 0) is 45.6 Å². The number of aromatic amines is 1. The van der Waals surface area contributed by atoms with Crippen LogP contribution < -0.4 is 16.0 Å². The van der Waals surface area contributed by atoms with E-state index in [1.807, 2.05) is 11.1 Å². The predicted molar refractivity (Wildman–Crippen MR) is 101 cm³/mol. The molecule has 4 aliphatic heterocycles. The van der Waals surface area contributed by atoms with E-state index in [1.165, 1.54) is 0 Å². The zero-order chi connectivity index (χ0) is 19.1. The van der Waals surface area contributed by atoms with Crippen LogP contribution in [0.1, 0.15) is 50.8 Å². The largest absolute Gasteiger partial charge is 0.376 e. The van der Waals surface area contributed by atoms with Crippen LogP contribution in [0.3, 0.4) is 0 Å². The molecule has 4 aliphatic rings. The number of hydrogen-bond donors (Lipinski definition) is 4. The van der Waals surface area contributed by atoms with E-state index in [0.717, 1.165) is 44.5 Å². The Bertz CT molecular complexity index is 685. The molecule has 9 nitrogen and oxygen atoms in total. The number of H-pyrrole nitrogens is 1. The first-order valence-corrected chi connectivity index (χ1v) is 10.6. The van der Waals surface area contributed by atoms with Crippen molar-refractivity contribution in [2.45, 2.75) is 81.8 Å². The molecule has 0 aromatic carbocycles. The summed E-state index contributed by atoms with van der Waals surface area (Å²) in [5.74, 6) is 1.09. The molecule has 0 aliphatic carbocycles. The molecule has 9 heteroatoms. The number of amides is 2. The van der Waals surface area contributed by atoms with Gasteiger partial charge in [0.25, 0.3) is 0 Å². The van der Waals surface area contributed by atoms with E-state index in [9.17, 15) is 4.79 Å². The van der Waals surface area contributed by atoms with Crippen LogP contribution in [0.2, 0.25) is 0 Å². The van der Waals surface area contributed by atoms with Crippen molar-refractivity contribution < 1.29 is 14.3 Å². The highest BCUT2D eigenvalue weighted by Gasteiger charge is 2.51. The van der Waals surface area contributed by atoms with Crippen molar-refractivity contribution in [3.63, 3.8) is 0 Å². The summed E-state index contributed by atoms with van der Waals surface area (Å²) in [6.07, 6.45) is 8.07. The van der Waals surface area contributed by atoms with Gasteiger partial charge in [0.05, 0.1) is 30.3 Å². The van der Waals surface area contributed by atoms with E-state index in [1.54, 1.807) is 6.20 Å². The second-order valence-corrected chi connectivity index (χ2v) is 8.33. The lowest BCUT2D eigenvalue weighted by Crippen LogP contribution is -2.64. The summed E-state index contributed by atoms with van der Waals surface area (Å²) in [6, 6.07) is -0.0350. The quantitative estimate of drug-likeness (QED) is 0.566. The molecule has 1 aromatic rings. The minimum atomic E-state index is -0.179. The minimum Gasteiger partial charge on any atom is -0.376 e. The van der Waals surface area contributed by atoms with E-state index >= 15 is 0 Å². The van der Waals surface area contributed by atoms with Gasteiger partial charge in [-0.1, -0.05) is 0 Å². The second kappa shape index (κ2) is 7.62. The molecule has 5 heterocycles. The van der Waals surface area contributed by atoms with Crippen LogP contribution in [-0.4, -0.2) is 70.9 Å². The Balaban J connectivity index is 1.44. The van der Waals surface area contributed by atoms with Crippen molar-refractivity contribution in [2.24, 2.45) is 0 Å². The van der Waals surface area contributed by atoms with Gasteiger partial charge in [0.2, 0.25) is 0 Å². The zero-order valence-electron chi connectivity index (χ0n) is 16.3. The van der Waals surface area contributed by atoms with Crippen LogP contribution in [0.15, 0.2) is 12.4 Å². The van der Waals surface area contributed by atoms with Gasteiger partial charge in [-0.25, -0.2) is 9.78 Å². The van der Waals surface area contributed by atoms with Gasteiger partial charge >= 0.3 is 6.03 Å². The number of fused-ring (bicyclic) bond motifs is 3. The molecule has 154 valence electrons. The summed E-state index contributed by atoms with van der Waals surface area (Å²) < 4.78 is 12.6. The molecule has 6 unspecified atom stereocenters. The number of hydrogen-bond acceptors (Lipinski definition) is 6. The van der Waals surface area contributed by atoms with E-state index in [0.29, 0.717) is 6.61 Å². The topological polar surface area (TPSA) is 104 Å². The molecule has 4 saturated heterocycles. The highest BCUT2D eigenvalue weighted by molar-refractivity contribution is 5.78. The van der Waals surface area contributed by atoms with Crippen LogP contribution in [0, 0.1) is 0 Å². The van der Waals surface area contributed by atoms with Crippen molar-refractivity contribution in [2.75, 3.05) is 13.2 Å². The molecule has 1 aromatic heterocycles. The van der Waals surface area contributed by atoms with E-state index in [2.05, 4.69) is 32.8 Å². The smallest absolute Gasteiger partial charge is 0.320 e. The number of aromatic nitrogens is 2. The van der Waals surface area contributed by atoms with Gasteiger partial charge in [-0.3, -0.25) is 10.6 Å². The van der Waals surface area contributed by atoms with Crippen molar-refractivity contribution >= 4 is 6.03 Å². The average Bonchev–Trinajstić information content (AvgIpc) is 3.32. The summed E-state index contributed by atoms with van der Waals surface area (Å²) in [6.45, 7) is 3.68. The molecule has 5 rings (SSSR count). The summed E-state index contributed by atoms with van der Waals surface area (Å²) >= 11 is 0. The summed E-state index contributed by atoms with van der Waals surface area (Å²) in [4.78, 5) is 22.5. The Hall–Kier alpha value is -1.68. The van der Waals surface area contributed by atoms with Crippen LogP contribution >= 0.6 is 0 Å². The van der Waals surface area contributed by atoms with Gasteiger partial charge in [0, 0.05) is 19.0 Å². The Morgan fingerprint density at radius 2 is 2.18 bits per heavy atom. The molecule has 2 amide bonds. The number of carbonyl (C=O) groups is 1. The van der Waals surface area contributed by atoms with Crippen molar-refractivity contribution in [3.05, 3.63) is 18.2 Å². The fraction of sp³-hybridized carbons (Fsp3) is 0.789. The summed E-state index contributed by atoms with van der Waals surface area (Å²) in [5.41, 5.74) is 0. The average molecular weight is 390 g/mol. The molecule has 4 N–H and O–H groups in total. The highest BCUT2D eigenvalue weighted by atomic mass is 16.5. The molecule has 28 heavy (non-hydrogen) atoms. The number of imidazole rings is 1. The SMILES string of the molecule is C[C@@H]1CCCOC2CCNC3NC(=O)N(C4CCC(c5ncc[nH]5)C(N4)O1)C32. The van der Waals surface area contributed by atoms with Crippen LogP contribution in [-0.2, 0) is 9.47 Å². The third-order valence-corrected chi connectivity index (χ3v) is 6.50. The number of carbonyl (C=O) groups excluding carboxylic acids is 1. The maximum atomic E-state index is 12.9. The Morgan fingerprint density at radius 3 is 3.04 bits per heavy atom. The molecular weight excluding hydrogens is 360 g/mol. The standard InChI is InChI=1S/C19H30N6O3/c1-11-3-2-10-27-13-6-7-20-17-15(13)25(19(26)24-17)14-5-4-12(18(23-14)28-11)16-21-8-9-22-16/h8-9,11-15,17-18,20,23H,2-7,10H2,1H3,(H,21,22)(H,24,26)/t11-,12?,13?,14?,15?,17?,18?/m1/s1. The Morgan fingerprint density at radius 1 is 1.25 bits per heavy atom. The lowest BCUT2D eigenvalue weighted by atomic mass is 9.92. The molecule has 7 atom stereocenters. The molecule has 0 spiro atoms. The number of nitrogens with one attached hydrogen (secondary N) is 4. The van der Waals surface area contributed by atoms with Crippen LogP contribution in [0.25, 0.3) is 0 Å². The zero-order valence-corrected chi connectivity index (χ0v) is 16.3. The van der Waals surface area contributed by atoms with Crippen LogP contribution in [0.5, 0.6) is 0 Å². The molecule has 0 radical (unpaired) electrons. The fourth-order valence-corrected chi connectivity index (χ4v) is 5.15. The molecule has 2 bridgehead atoms. The van der Waals surface area contributed by atoms with E-state index < -0.39 is 0 Å². The lowest BCUT2D eigenvalue weighted by Gasteiger charge is -2.45. The highest BCUT2D eigenvalue weighted by Crippen LogP contribution is 2.34. The first-order chi connectivity index (χ1) is 13.7. The molecule has 0 saturated carbocycles. The van der Waals surface area contributed by atoms with Crippen molar-refractivity contribution in [3.8, 4) is 0 Å². The van der Waals surface area contributed by atoms with E-state index in [4.69, 9.17) is 9.47 Å². The monoisotopic (exact) mass is 390 g/mol. The van der Waals surface area contributed by atoms with Gasteiger partial charge in [-0.15, -0.1) is 0 Å². The van der Waals surface area contributed by atoms with E-state index in [-0.39, 0.29) is 48.8 Å². The molecule has 4 fully saturated rings. The number of rotatable bonds is 1. The summed E-state index contributed by atoms with van der Waals surface area (Å²) in [7, 11) is 0. The maximum Gasteiger partial charge on any atom is 0.320 e. The normalized spacial score (nSPS) is 41.5. The predicted octanol–water partition coefficient (Wildman–Crippen LogP) is 0.826. The fourth-order valence-electron chi connectivity index (χ4n) is 5.15. The third kappa shape index (κ3) is 3.30. The van der Waals surface area contributed by atoms with Gasteiger partial charge in [0.15, 0.2) is 0 Å². The van der Waals surface area contributed by atoms with Gasteiger partial charge in [0.1, 0.15) is 18.2 Å². The summed E-state index contributed by atoms with van der Waals surface area (Å²) in [5, 5.41) is 10.2. The van der Waals surface area contributed by atoms with Gasteiger partial charge < -0.3 is 24.7 Å². The number of urea groups is 1. The molecular formula is C19H30N6O3. The minimum absolute atomic E-state index is 0.00332. The van der Waals surface area contributed by atoms with Gasteiger partial charge in [-0.2, -0.15) is 0 Å².